The van der Waals surface area contributed by atoms with Crippen molar-refractivity contribution in [3.63, 3.8) is 0 Å². The summed E-state index contributed by atoms with van der Waals surface area (Å²) in [4.78, 5) is 2.84. The number of nitrogens with zero attached hydrogens (tertiary/aromatic N) is 1. The quantitative estimate of drug-likeness (QED) is 0.156. The molecular formula is C29H61N. The van der Waals surface area contributed by atoms with Crippen LogP contribution in [0.3, 0.4) is 0 Å². The molecule has 0 aliphatic heterocycles. The van der Waals surface area contributed by atoms with Crippen LogP contribution in [0.5, 0.6) is 0 Å². The van der Waals surface area contributed by atoms with Gasteiger partial charge in [0.2, 0.25) is 0 Å². The highest BCUT2D eigenvalue weighted by Gasteiger charge is 2.35. The van der Waals surface area contributed by atoms with E-state index in [4.69, 9.17) is 0 Å². The number of hydrogen-bond acceptors (Lipinski definition) is 1. The van der Waals surface area contributed by atoms with Crippen LogP contribution in [-0.2, 0) is 0 Å². The third-order valence-corrected chi connectivity index (χ3v) is 7.17. The van der Waals surface area contributed by atoms with Crippen LogP contribution in [0.2, 0.25) is 0 Å². The van der Waals surface area contributed by atoms with Crippen LogP contribution in [0.4, 0.5) is 0 Å². The predicted octanol–water partition coefficient (Wildman–Crippen LogP) is 10.3. The van der Waals surface area contributed by atoms with Gasteiger partial charge < -0.3 is 0 Å². The molecule has 182 valence electrons. The molecule has 30 heavy (non-hydrogen) atoms. The first-order valence-corrected chi connectivity index (χ1v) is 14.1. The summed E-state index contributed by atoms with van der Waals surface area (Å²) in [5.41, 5.74) is 0.646. The largest absolute Gasteiger partial charge is 0.293 e. The summed E-state index contributed by atoms with van der Waals surface area (Å²) >= 11 is 0. The highest BCUT2D eigenvalue weighted by atomic mass is 15.2. The molecule has 0 aromatic rings. The summed E-state index contributed by atoms with van der Waals surface area (Å²) in [7, 11) is 0. The van der Waals surface area contributed by atoms with Crippen molar-refractivity contribution in [2.75, 3.05) is 6.54 Å². The lowest BCUT2D eigenvalue weighted by Crippen LogP contribution is -2.55. The SMILES string of the molecule is CCCCCCCCCCCCCCCCCN(C(C)(C)CCC)C(C)(C)CCC. The van der Waals surface area contributed by atoms with Gasteiger partial charge in [0, 0.05) is 11.1 Å². The van der Waals surface area contributed by atoms with Gasteiger partial charge in [-0.3, -0.25) is 4.90 Å². The maximum atomic E-state index is 2.84. The fraction of sp³-hybridized carbons (Fsp3) is 1.00. The number of unbranched alkanes of at least 4 members (excludes halogenated alkanes) is 14. The Morgan fingerprint density at radius 2 is 0.700 bits per heavy atom. The monoisotopic (exact) mass is 423 g/mol. The first-order valence-electron chi connectivity index (χ1n) is 14.1. The minimum atomic E-state index is 0.323. The van der Waals surface area contributed by atoms with Crippen molar-refractivity contribution in [1.82, 2.24) is 4.90 Å². The molecule has 1 heteroatoms. The molecule has 0 rings (SSSR count). The summed E-state index contributed by atoms with van der Waals surface area (Å²) in [5, 5.41) is 0. The van der Waals surface area contributed by atoms with E-state index in [9.17, 15) is 0 Å². The Kier molecular flexibility index (Phi) is 18.5. The van der Waals surface area contributed by atoms with E-state index in [1.54, 1.807) is 0 Å². The van der Waals surface area contributed by atoms with Gasteiger partial charge in [0.15, 0.2) is 0 Å². The maximum Gasteiger partial charge on any atom is 0.0158 e. The number of rotatable bonds is 22. The molecule has 0 atom stereocenters. The van der Waals surface area contributed by atoms with Crippen molar-refractivity contribution >= 4 is 0 Å². The zero-order valence-corrected chi connectivity index (χ0v) is 22.6. The zero-order chi connectivity index (χ0) is 22.7. The summed E-state index contributed by atoms with van der Waals surface area (Å²) in [5.74, 6) is 0. The molecule has 0 amide bonds. The van der Waals surface area contributed by atoms with E-state index < -0.39 is 0 Å². The first-order chi connectivity index (χ1) is 14.3. The van der Waals surface area contributed by atoms with E-state index in [1.165, 1.54) is 129 Å². The van der Waals surface area contributed by atoms with E-state index in [2.05, 4.69) is 53.4 Å². The zero-order valence-electron chi connectivity index (χ0n) is 22.6. The molecule has 0 N–H and O–H groups in total. The van der Waals surface area contributed by atoms with Gasteiger partial charge in [0.25, 0.3) is 0 Å². The standard InChI is InChI=1S/C29H61N/c1-8-11-12-13-14-15-16-17-18-19-20-21-22-23-24-27-30(28(4,5)25-9-2)29(6,7)26-10-3/h8-27H2,1-7H3. The first kappa shape index (κ1) is 30.0. The molecule has 0 spiro atoms. The third kappa shape index (κ3) is 14.9. The second-order valence-electron chi connectivity index (χ2n) is 11.2. The van der Waals surface area contributed by atoms with Crippen LogP contribution in [0.1, 0.15) is 170 Å². The van der Waals surface area contributed by atoms with Gasteiger partial charge in [-0.25, -0.2) is 0 Å². The van der Waals surface area contributed by atoms with E-state index in [-0.39, 0.29) is 0 Å². The molecular weight excluding hydrogens is 362 g/mol. The molecule has 0 aliphatic rings. The molecule has 0 fully saturated rings. The van der Waals surface area contributed by atoms with Gasteiger partial charge in [0.05, 0.1) is 0 Å². The molecule has 0 radical (unpaired) electrons. The van der Waals surface area contributed by atoms with Crippen LogP contribution in [-0.4, -0.2) is 22.5 Å². The van der Waals surface area contributed by atoms with Crippen molar-refractivity contribution in [1.29, 1.82) is 0 Å². The Morgan fingerprint density at radius 1 is 0.400 bits per heavy atom. The Hall–Kier alpha value is -0.0400. The second-order valence-corrected chi connectivity index (χ2v) is 11.2. The van der Waals surface area contributed by atoms with Crippen LogP contribution in [0.25, 0.3) is 0 Å². The van der Waals surface area contributed by atoms with Crippen molar-refractivity contribution in [2.24, 2.45) is 0 Å². The Morgan fingerprint density at radius 3 is 1.00 bits per heavy atom. The van der Waals surface area contributed by atoms with Crippen LogP contribution in [0.15, 0.2) is 0 Å². The predicted molar refractivity (Wildman–Crippen MR) is 140 cm³/mol. The second kappa shape index (κ2) is 18.5. The molecule has 0 aliphatic carbocycles. The number of hydrogen-bond donors (Lipinski definition) is 0. The molecule has 0 saturated heterocycles. The minimum Gasteiger partial charge on any atom is -0.293 e. The lowest BCUT2D eigenvalue weighted by Gasteiger charge is -2.49. The maximum absolute atomic E-state index is 2.84. The fourth-order valence-electron chi connectivity index (χ4n) is 5.56. The van der Waals surface area contributed by atoms with Crippen LogP contribution in [0, 0.1) is 0 Å². The highest BCUT2D eigenvalue weighted by Crippen LogP contribution is 2.32. The van der Waals surface area contributed by atoms with E-state index >= 15 is 0 Å². The van der Waals surface area contributed by atoms with Crippen molar-refractivity contribution < 1.29 is 0 Å². The van der Waals surface area contributed by atoms with Gasteiger partial charge in [-0.15, -0.1) is 0 Å². The van der Waals surface area contributed by atoms with E-state index in [0.717, 1.165) is 0 Å². The molecule has 0 bridgehead atoms. The molecule has 0 heterocycles. The topological polar surface area (TPSA) is 3.24 Å². The smallest absolute Gasteiger partial charge is 0.0158 e. The molecule has 0 aromatic carbocycles. The minimum absolute atomic E-state index is 0.323. The summed E-state index contributed by atoms with van der Waals surface area (Å²) in [6, 6.07) is 0. The van der Waals surface area contributed by atoms with Gasteiger partial charge in [-0.05, 0) is 53.5 Å². The van der Waals surface area contributed by atoms with Gasteiger partial charge in [0.1, 0.15) is 0 Å². The Bertz CT molecular complexity index is 339. The molecule has 1 nitrogen and oxygen atoms in total. The van der Waals surface area contributed by atoms with Crippen LogP contribution < -0.4 is 0 Å². The van der Waals surface area contributed by atoms with Gasteiger partial charge in [-0.1, -0.05) is 124 Å². The fourth-order valence-corrected chi connectivity index (χ4v) is 5.56. The molecule has 0 aromatic heterocycles. The molecule has 0 unspecified atom stereocenters. The normalized spacial score (nSPS) is 12.8. The van der Waals surface area contributed by atoms with Crippen molar-refractivity contribution in [3.8, 4) is 0 Å². The third-order valence-electron chi connectivity index (χ3n) is 7.17. The average molecular weight is 424 g/mol. The van der Waals surface area contributed by atoms with Gasteiger partial charge in [-0.2, -0.15) is 0 Å². The van der Waals surface area contributed by atoms with E-state index in [0.29, 0.717) is 11.1 Å². The summed E-state index contributed by atoms with van der Waals surface area (Å²) in [6.07, 6.45) is 26.9. The van der Waals surface area contributed by atoms with Crippen LogP contribution >= 0.6 is 0 Å². The van der Waals surface area contributed by atoms with Gasteiger partial charge >= 0.3 is 0 Å². The lowest BCUT2D eigenvalue weighted by molar-refractivity contribution is 0.00351. The average Bonchev–Trinajstić information content (AvgIpc) is 2.67. The Labute approximate surface area is 193 Å². The highest BCUT2D eigenvalue weighted by molar-refractivity contribution is 4.92. The summed E-state index contributed by atoms with van der Waals surface area (Å²) in [6.45, 7) is 18.1. The van der Waals surface area contributed by atoms with Crippen molar-refractivity contribution in [3.05, 3.63) is 0 Å². The summed E-state index contributed by atoms with van der Waals surface area (Å²) < 4.78 is 0. The van der Waals surface area contributed by atoms with Crippen molar-refractivity contribution in [2.45, 2.75) is 182 Å². The Balaban J connectivity index is 3.83. The van der Waals surface area contributed by atoms with E-state index in [1.807, 2.05) is 0 Å². The lowest BCUT2D eigenvalue weighted by atomic mass is 9.86. The molecule has 0 saturated carbocycles.